The first-order valence-corrected chi connectivity index (χ1v) is 6.04. The SMILES string of the molecule is OC1CC2CCC(C1)N2CCOCC(F)(F)F. The first-order chi connectivity index (χ1) is 7.96. The second-order valence-corrected chi connectivity index (χ2v) is 4.92. The molecule has 3 nitrogen and oxygen atoms in total. The van der Waals surface area contributed by atoms with E-state index in [1.165, 1.54) is 0 Å². The minimum atomic E-state index is -4.24. The summed E-state index contributed by atoms with van der Waals surface area (Å²) in [4.78, 5) is 2.20. The molecule has 0 radical (unpaired) electrons. The van der Waals surface area contributed by atoms with Gasteiger partial charge in [0.15, 0.2) is 0 Å². The van der Waals surface area contributed by atoms with E-state index < -0.39 is 12.8 Å². The van der Waals surface area contributed by atoms with E-state index in [2.05, 4.69) is 9.64 Å². The van der Waals surface area contributed by atoms with Gasteiger partial charge in [-0.2, -0.15) is 13.2 Å². The van der Waals surface area contributed by atoms with Crippen molar-refractivity contribution in [3.05, 3.63) is 0 Å². The van der Waals surface area contributed by atoms with Crippen molar-refractivity contribution in [1.29, 1.82) is 0 Å². The van der Waals surface area contributed by atoms with Gasteiger partial charge < -0.3 is 9.84 Å². The summed E-state index contributed by atoms with van der Waals surface area (Å²) in [5, 5.41) is 9.58. The van der Waals surface area contributed by atoms with Crippen LogP contribution in [0.2, 0.25) is 0 Å². The lowest BCUT2D eigenvalue weighted by molar-refractivity contribution is -0.175. The van der Waals surface area contributed by atoms with Crippen LogP contribution in [0.5, 0.6) is 0 Å². The van der Waals surface area contributed by atoms with Crippen LogP contribution in [0.15, 0.2) is 0 Å². The Bertz CT molecular complexity index is 246. The molecule has 2 fully saturated rings. The first kappa shape index (κ1) is 13.1. The van der Waals surface area contributed by atoms with Gasteiger partial charge in [-0.05, 0) is 25.7 Å². The van der Waals surface area contributed by atoms with Gasteiger partial charge in [0, 0.05) is 18.6 Å². The van der Waals surface area contributed by atoms with Crippen molar-refractivity contribution in [3.63, 3.8) is 0 Å². The molecular formula is C11H18F3NO2. The Balaban J connectivity index is 1.70. The molecule has 0 saturated carbocycles. The van der Waals surface area contributed by atoms with Crippen molar-refractivity contribution in [2.45, 2.75) is 50.0 Å². The number of hydrogen-bond acceptors (Lipinski definition) is 3. The molecule has 100 valence electrons. The molecule has 2 unspecified atom stereocenters. The maximum atomic E-state index is 11.9. The maximum Gasteiger partial charge on any atom is 0.411 e. The first-order valence-electron chi connectivity index (χ1n) is 6.04. The smallest absolute Gasteiger partial charge is 0.393 e. The van der Waals surface area contributed by atoms with Crippen molar-refractivity contribution < 1.29 is 23.0 Å². The molecule has 0 aromatic carbocycles. The van der Waals surface area contributed by atoms with Crippen molar-refractivity contribution in [3.8, 4) is 0 Å². The summed E-state index contributed by atoms with van der Waals surface area (Å²) in [6.07, 6.45) is -0.898. The standard InChI is InChI=1S/C11H18F3NO2/c12-11(13,14)7-17-4-3-15-8-1-2-9(15)6-10(16)5-8/h8-10,16H,1-7H2. The van der Waals surface area contributed by atoms with Crippen molar-refractivity contribution in [2.24, 2.45) is 0 Å². The van der Waals surface area contributed by atoms with Crippen LogP contribution in [0.4, 0.5) is 13.2 Å². The highest BCUT2D eigenvalue weighted by Gasteiger charge is 2.39. The molecule has 2 saturated heterocycles. The number of nitrogens with zero attached hydrogens (tertiary/aromatic N) is 1. The average Bonchev–Trinajstić information content (AvgIpc) is 2.44. The van der Waals surface area contributed by atoms with Crippen LogP contribution in [0.3, 0.4) is 0 Å². The summed E-state index contributed by atoms with van der Waals surface area (Å²) in [6, 6.07) is 0.663. The lowest BCUT2D eigenvalue weighted by Gasteiger charge is -2.37. The number of aliphatic hydroxyl groups is 1. The molecule has 2 aliphatic heterocycles. The van der Waals surface area contributed by atoms with E-state index >= 15 is 0 Å². The zero-order valence-electron chi connectivity index (χ0n) is 9.62. The fourth-order valence-corrected chi connectivity index (χ4v) is 2.97. The number of rotatable bonds is 4. The fraction of sp³-hybridized carbons (Fsp3) is 1.00. The Labute approximate surface area is 98.5 Å². The van der Waals surface area contributed by atoms with E-state index in [4.69, 9.17) is 0 Å². The van der Waals surface area contributed by atoms with Crippen LogP contribution in [-0.4, -0.2) is 54.1 Å². The van der Waals surface area contributed by atoms with Gasteiger partial charge in [-0.3, -0.25) is 4.90 Å². The molecule has 17 heavy (non-hydrogen) atoms. The average molecular weight is 253 g/mol. The zero-order chi connectivity index (χ0) is 12.5. The molecule has 6 heteroatoms. The van der Waals surface area contributed by atoms with Gasteiger partial charge in [0.2, 0.25) is 0 Å². The van der Waals surface area contributed by atoms with Gasteiger partial charge in [0.25, 0.3) is 0 Å². The van der Waals surface area contributed by atoms with Crippen molar-refractivity contribution in [1.82, 2.24) is 4.90 Å². The maximum absolute atomic E-state index is 11.9. The molecule has 2 rings (SSSR count). The van der Waals surface area contributed by atoms with Crippen LogP contribution in [0.25, 0.3) is 0 Å². The molecule has 2 heterocycles. The Morgan fingerprint density at radius 3 is 2.29 bits per heavy atom. The quantitative estimate of drug-likeness (QED) is 0.772. The molecule has 2 aliphatic rings. The van der Waals surface area contributed by atoms with E-state index in [1.807, 2.05) is 0 Å². The minimum Gasteiger partial charge on any atom is -0.393 e. The van der Waals surface area contributed by atoms with Crippen LogP contribution in [0.1, 0.15) is 25.7 Å². The largest absolute Gasteiger partial charge is 0.411 e. The van der Waals surface area contributed by atoms with Gasteiger partial charge in [-0.1, -0.05) is 0 Å². The minimum absolute atomic E-state index is 0.114. The van der Waals surface area contributed by atoms with E-state index in [1.54, 1.807) is 0 Å². The number of alkyl halides is 3. The van der Waals surface area contributed by atoms with E-state index in [-0.39, 0.29) is 12.7 Å². The fourth-order valence-electron chi connectivity index (χ4n) is 2.97. The summed E-state index contributed by atoms with van der Waals surface area (Å²) in [7, 11) is 0. The van der Waals surface area contributed by atoms with Crippen LogP contribution < -0.4 is 0 Å². The predicted octanol–water partition coefficient (Wildman–Crippen LogP) is 1.55. The topological polar surface area (TPSA) is 32.7 Å². The Morgan fingerprint density at radius 2 is 1.76 bits per heavy atom. The number of halogens is 3. The monoisotopic (exact) mass is 253 g/mol. The highest BCUT2D eigenvalue weighted by molar-refractivity contribution is 4.94. The highest BCUT2D eigenvalue weighted by Crippen LogP contribution is 2.35. The molecule has 0 spiro atoms. The number of piperidine rings is 1. The lowest BCUT2D eigenvalue weighted by Crippen LogP contribution is -2.46. The summed E-state index contributed by atoms with van der Waals surface area (Å²) in [5.41, 5.74) is 0. The molecule has 0 aromatic heterocycles. The Kier molecular flexibility index (Phi) is 3.95. The summed E-state index contributed by atoms with van der Waals surface area (Å²) >= 11 is 0. The van der Waals surface area contributed by atoms with E-state index in [0.29, 0.717) is 18.6 Å². The van der Waals surface area contributed by atoms with Crippen molar-refractivity contribution in [2.75, 3.05) is 19.8 Å². The number of aliphatic hydroxyl groups excluding tert-OH is 1. The number of fused-ring (bicyclic) bond motifs is 2. The van der Waals surface area contributed by atoms with Gasteiger partial charge >= 0.3 is 6.18 Å². The number of hydrogen-bond donors (Lipinski definition) is 1. The van der Waals surface area contributed by atoms with E-state index in [9.17, 15) is 18.3 Å². The van der Waals surface area contributed by atoms with Crippen LogP contribution in [-0.2, 0) is 4.74 Å². The lowest BCUT2D eigenvalue weighted by atomic mass is 10.0. The van der Waals surface area contributed by atoms with Gasteiger partial charge in [-0.15, -0.1) is 0 Å². The second-order valence-electron chi connectivity index (χ2n) is 4.92. The van der Waals surface area contributed by atoms with Gasteiger partial charge in [0.1, 0.15) is 6.61 Å². The number of ether oxygens (including phenoxy) is 1. The van der Waals surface area contributed by atoms with Crippen LogP contribution in [0, 0.1) is 0 Å². The molecular weight excluding hydrogens is 235 g/mol. The third-order valence-electron chi connectivity index (χ3n) is 3.62. The highest BCUT2D eigenvalue weighted by atomic mass is 19.4. The normalized spacial score (nSPS) is 34.2. The summed E-state index contributed by atoms with van der Waals surface area (Å²) in [6.45, 7) is -0.514. The van der Waals surface area contributed by atoms with Crippen molar-refractivity contribution >= 4 is 0 Å². The Hall–Kier alpha value is -0.330. The second kappa shape index (κ2) is 5.12. The molecule has 1 N–H and O–H groups in total. The molecule has 0 aromatic rings. The summed E-state index contributed by atoms with van der Waals surface area (Å²) < 4.78 is 40.2. The molecule has 2 atom stereocenters. The van der Waals surface area contributed by atoms with Crippen LogP contribution >= 0.6 is 0 Å². The third-order valence-corrected chi connectivity index (χ3v) is 3.62. The molecule has 0 amide bonds. The predicted molar refractivity (Wildman–Crippen MR) is 55.6 cm³/mol. The molecule has 2 bridgehead atoms. The Morgan fingerprint density at radius 1 is 1.18 bits per heavy atom. The third kappa shape index (κ3) is 3.56. The van der Waals surface area contributed by atoms with E-state index in [0.717, 1.165) is 25.7 Å². The van der Waals surface area contributed by atoms with Gasteiger partial charge in [0.05, 0.1) is 12.7 Å². The zero-order valence-corrected chi connectivity index (χ0v) is 9.62. The van der Waals surface area contributed by atoms with Gasteiger partial charge in [-0.25, -0.2) is 0 Å². The molecule has 0 aliphatic carbocycles. The summed E-state index contributed by atoms with van der Waals surface area (Å²) in [5.74, 6) is 0.